The van der Waals surface area contributed by atoms with Crippen molar-refractivity contribution in [3.63, 3.8) is 0 Å². The van der Waals surface area contributed by atoms with E-state index < -0.39 is 21.8 Å². The van der Waals surface area contributed by atoms with Crippen LogP contribution in [0.2, 0.25) is 10.0 Å². The minimum atomic E-state index is -4.01. The molecule has 2 amide bonds. The summed E-state index contributed by atoms with van der Waals surface area (Å²) in [6.07, 6.45) is 0. The standard InChI is InChI=1S/C18H10Cl2N2O4S/c19-14-5-4-10(7-15(14)20)22-27(25,26)11-6-9-2-1-3-12-16(9)13(8-11)18(24)21-17(12)23/h1-8,22H,(H,21,23,24). The van der Waals surface area contributed by atoms with Crippen molar-refractivity contribution >= 4 is 61.5 Å². The van der Waals surface area contributed by atoms with E-state index in [9.17, 15) is 18.0 Å². The van der Waals surface area contributed by atoms with E-state index in [-0.39, 0.29) is 21.2 Å². The minimum Gasteiger partial charge on any atom is -0.288 e. The highest BCUT2D eigenvalue weighted by Crippen LogP contribution is 2.31. The lowest BCUT2D eigenvalue weighted by atomic mass is 9.95. The summed E-state index contributed by atoms with van der Waals surface area (Å²) in [7, 11) is -4.01. The second-order valence-electron chi connectivity index (χ2n) is 5.89. The predicted octanol–water partition coefficient (Wildman–Crippen LogP) is 3.83. The maximum Gasteiger partial charge on any atom is 0.261 e. The largest absolute Gasteiger partial charge is 0.288 e. The zero-order valence-corrected chi connectivity index (χ0v) is 15.7. The summed E-state index contributed by atoms with van der Waals surface area (Å²) in [6, 6.07) is 11.8. The summed E-state index contributed by atoms with van der Waals surface area (Å²) >= 11 is 11.8. The minimum absolute atomic E-state index is 0.113. The molecular weight excluding hydrogens is 411 g/mol. The molecule has 9 heteroatoms. The Morgan fingerprint density at radius 1 is 0.852 bits per heavy atom. The van der Waals surface area contributed by atoms with Crippen molar-refractivity contribution in [1.82, 2.24) is 5.32 Å². The molecule has 6 nitrogen and oxygen atoms in total. The molecule has 0 bridgehead atoms. The molecule has 27 heavy (non-hydrogen) atoms. The maximum atomic E-state index is 12.8. The van der Waals surface area contributed by atoms with Crippen LogP contribution < -0.4 is 10.0 Å². The van der Waals surface area contributed by atoms with Crippen LogP contribution in [-0.4, -0.2) is 20.2 Å². The lowest BCUT2D eigenvalue weighted by Crippen LogP contribution is -2.34. The van der Waals surface area contributed by atoms with Crippen LogP contribution in [0.15, 0.2) is 53.4 Å². The van der Waals surface area contributed by atoms with Crippen molar-refractivity contribution in [1.29, 1.82) is 0 Å². The molecule has 2 N–H and O–H groups in total. The van der Waals surface area contributed by atoms with Crippen LogP contribution in [0.3, 0.4) is 0 Å². The summed E-state index contributed by atoms with van der Waals surface area (Å²) in [6.45, 7) is 0. The molecule has 0 radical (unpaired) electrons. The van der Waals surface area contributed by atoms with E-state index in [4.69, 9.17) is 23.2 Å². The fourth-order valence-corrected chi connectivity index (χ4v) is 4.34. The first-order chi connectivity index (χ1) is 12.8. The van der Waals surface area contributed by atoms with Gasteiger partial charge in [0, 0.05) is 16.5 Å². The molecule has 3 aromatic rings. The topological polar surface area (TPSA) is 92.3 Å². The van der Waals surface area contributed by atoms with Crippen LogP contribution in [0.1, 0.15) is 20.7 Å². The van der Waals surface area contributed by atoms with Gasteiger partial charge in [-0.15, -0.1) is 0 Å². The van der Waals surface area contributed by atoms with Crippen molar-refractivity contribution < 1.29 is 18.0 Å². The molecule has 136 valence electrons. The maximum absolute atomic E-state index is 12.8. The van der Waals surface area contributed by atoms with Gasteiger partial charge in [0.1, 0.15) is 0 Å². The number of nitrogens with one attached hydrogen (secondary N) is 2. The number of hydrogen-bond donors (Lipinski definition) is 2. The van der Waals surface area contributed by atoms with Gasteiger partial charge in [-0.2, -0.15) is 0 Å². The first-order valence-corrected chi connectivity index (χ1v) is 9.90. The van der Waals surface area contributed by atoms with E-state index >= 15 is 0 Å². The summed E-state index contributed by atoms with van der Waals surface area (Å²) in [5, 5.41) is 3.61. The number of imide groups is 1. The Kier molecular flexibility index (Phi) is 4.10. The van der Waals surface area contributed by atoms with Crippen LogP contribution in [-0.2, 0) is 10.0 Å². The third-order valence-corrected chi connectivity index (χ3v) is 6.25. The van der Waals surface area contributed by atoms with Gasteiger partial charge in [0.15, 0.2) is 0 Å². The van der Waals surface area contributed by atoms with E-state index in [1.54, 1.807) is 18.2 Å². The van der Waals surface area contributed by atoms with Gasteiger partial charge in [-0.3, -0.25) is 19.6 Å². The van der Waals surface area contributed by atoms with Crippen molar-refractivity contribution in [2.24, 2.45) is 0 Å². The van der Waals surface area contributed by atoms with E-state index in [2.05, 4.69) is 10.0 Å². The van der Waals surface area contributed by atoms with Gasteiger partial charge in [-0.05, 0) is 41.8 Å². The Labute approximate surface area is 164 Å². The third kappa shape index (κ3) is 3.03. The molecule has 1 aliphatic heterocycles. The molecule has 0 aromatic heterocycles. The molecule has 0 saturated heterocycles. The first-order valence-electron chi connectivity index (χ1n) is 7.66. The van der Waals surface area contributed by atoms with Gasteiger partial charge in [-0.1, -0.05) is 35.3 Å². The van der Waals surface area contributed by atoms with Crippen LogP contribution in [0.4, 0.5) is 5.69 Å². The molecule has 0 unspecified atom stereocenters. The van der Waals surface area contributed by atoms with Crippen molar-refractivity contribution in [3.8, 4) is 0 Å². The fraction of sp³-hybridized carbons (Fsp3) is 0. The van der Waals surface area contributed by atoms with E-state index in [0.29, 0.717) is 21.4 Å². The van der Waals surface area contributed by atoms with E-state index in [1.165, 1.54) is 30.3 Å². The first kappa shape index (κ1) is 17.8. The molecule has 1 heterocycles. The van der Waals surface area contributed by atoms with Crippen molar-refractivity contribution in [2.45, 2.75) is 4.90 Å². The van der Waals surface area contributed by atoms with Gasteiger partial charge >= 0.3 is 0 Å². The second kappa shape index (κ2) is 6.23. The highest BCUT2D eigenvalue weighted by Gasteiger charge is 2.27. The predicted molar refractivity (Wildman–Crippen MR) is 103 cm³/mol. The lowest BCUT2D eigenvalue weighted by molar-refractivity contribution is 0.0845. The summed E-state index contributed by atoms with van der Waals surface area (Å²) in [4.78, 5) is 24.1. The molecule has 0 aliphatic carbocycles. The number of carbonyl (C=O) groups excluding carboxylic acids is 2. The average Bonchev–Trinajstić information content (AvgIpc) is 2.62. The van der Waals surface area contributed by atoms with Crippen LogP contribution in [0.25, 0.3) is 10.8 Å². The Morgan fingerprint density at radius 2 is 1.59 bits per heavy atom. The molecular formula is C18H10Cl2N2O4S. The highest BCUT2D eigenvalue weighted by molar-refractivity contribution is 7.92. The summed E-state index contributed by atoms with van der Waals surface area (Å²) < 4.78 is 28.0. The van der Waals surface area contributed by atoms with Gasteiger partial charge in [-0.25, -0.2) is 8.42 Å². The monoisotopic (exact) mass is 420 g/mol. The zero-order valence-electron chi connectivity index (χ0n) is 13.4. The Balaban J connectivity index is 1.85. The molecule has 0 saturated carbocycles. The van der Waals surface area contributed by atoms with Crippen molar-refractivity contribution in [3.05, 3.63) is 69.7 Å². The number of carbonyl (C=O) groups is 2. The Morgan fingerprint density at radius 3 is 2.33 bits per heavy atom. The zero-order chi connectivity index (χ0) is 19.3. The van der Waals surface area contributed by atoms with Gasteiger partial charge in [0.05, 0.1) is 20.6 Å². The fourth-order valence-electron chi connectivity index (χ4n) is 2.94. The summed E-state index contributed by atoms with van der Waals surface area (Å²) in [5.41, 5.74) is 0.673. The second-order valence-corrected chi connectivity index (χ2v) is 8.39. The number of amides is 2. The normalized spacial score (nSPS) is 13.6. The number of sulfonamides is 1. The number of hydrogen-bond acceptors (Lipinski definition) is 4. The molecule has 1 aliphatic rings. The van der Waals surface area contributed by atoms with Crippen molar-refractivity contribution in [2.75, 3.05) is 4.72 Å². The molecule has 0 spiro atoms. The third-order valence-electron chi connectivity index (χ3n) is 4.15. The lowest BCUT2D eigenvalue weighted by Gasteiger charge is -2.18. The molecule has 0 fully saturated rings. The van der Waals surface area contributed by atoms with E-state index in [0.717, 1.165) is 0 Å². The number of halogens is 2. The molecule has 4 rings (SSSR count). The molecule has 3 aromatic carbocycles. The Bertz CT molecular complexity index is 1260. The Hall–Kier alpha value is -2.61. The van der Waals surface area contributed by atoms with Crippen LogP contribution in [0, 0.1) is 0 Å². The van der Waals surface area contributed by atoms with Crippen LogP contribution >= 0.6 is 23.2 Å². The van der Waals surface area contributed by atoms with Gasteiger partial charge in [0.25, 0.3) is 21.8 Å². The van der Waals surface area contributed by atoms with Gasteiger partial charge < -0.3 is 0 Å². The SMILES string of the molecule is O=C1NC(=O)c2cc(S(=O)(=O)Nc3ccc(Cl)c(Cl)c3)cc3cccc1c23. The van der Waals surface area contributed by atoms with Crippen LogP contribution in [0.5, 0.6) is 0 Å². The van der Waals surface area contributed by atoms with Gasteiger partial charge in [0.2, 0.25) is 0 Å². The highest BCUT2D eigenvalue weighted by atomic mass is 35.5. The molecule has 0 atom stereocenters. The van der Waals surface area contributed by atoms with E-state index in [1.807, 2.05) is 0 Å². The quantitative estimate of drug-likeness (QED) is 0.629. The summed E-state index contributed by atoms with van der Waals surface area (Å²) in [5.74, 6) is -1.15. The smallest absolute Gasteiger partial charge is 0.261 e. The average molecular weight is 421 g/mol. The number of rotatable bonds is 3. The number of anilines is 1. The number of benzene rings is 3.